The molecule has 0 bridgehead atoms. The average Bonchev–Trinajstić information content (AvgIpc) is 2.44. The van der Waals surface area contributed by atoms with Crippen molar-refractivity contribution in [3.8, 4) is 0 Å². The molecule has 1 atom stereocenters. The maximum atomic E-state index is 14.0. The molecule has 2 nitrogen and oxygen atoms in total. The van der Waals surface area contributed by atoms with Gasteiger partial charge in [-0.3, -0.25) is 0 Å². The molecule has 1 fully saturated rings. The van der Waals surface area contributed by atoms with E-state index < -0.39 is 11.6 Å². The number of benzene rings is 1. The molecule has 1 aliphatic heterocycles. The first kappa shape index (κ1) is 15.4. The van der Waals surface area contributed by atoms with Crippen molar-refractivity contribution in [2.75, 3.05) is 26.2 Å². The van der Waals surface area contributed by atoms with Gasteiger partial charge in [0.1, 0.15) is 0 Å². The molecule has 4 heteroatoms. The molecule has 1 unspecified atom stereocenters. The summed E-state index contributed by atoms with van der Waals surface area (Å²) in [4.78, 5) is 2.34. The Bertz CT molecular complexity index is 428. The Morgan fingerprint density at radius 3 is 2.65 bits per heavy atom. The number of likely N-dealkylation sites (tertiary alicyclic amines) is 1. The van der Waals surface area contributed by atoms with Crippen LogP contribution in [0.3, 0.4) is 0 Å². The molecule has 0 spiro atoms. The Morgan fingerprint density at radius 2 is 2.00 bits per heavy atom. The maximum absolute atomic E-state index is 14.0. The van der Waals surface area contributed by atoms with E-state index in [-0.39, 0.29) is 6.04 Å². The molecular weight excluding hydrogens is 258 g/mol. The zero-order valence-electron chi connectivity index (χ0n) is 12.3. The van der Waals surface area contributed by atoms with Crippen LogP contribution >= 0.6 is 0 Å². The third kappa shape index (κ3) is 3.76. The topological polar surface area (TPSA) is 15.3 Å². The van der Waals surface area contributed by atoms with E-state index in [0.29, 0.717) is 5.56 Å². The third-order valence-electron chi connectivity index (χ3n) is 4.12. The van der Waals surface area contributed by atoms with E-state index >= 15 is 0 Å². The van der Waals surface area contributed by atoms with Crippen LogP contribution in [0.2, 0.25) is 0 Å². The molecule has 0 aliphatic carbocycles. The number of rotatable bonds is 5. The van der Waals surface area contributed by atoms with Crippen molar-refractivity contribution in [1.29, 1.82) is 0 Å². The number of hydrogen-bond donors (Lipinski definition) is 1. The highest BCUT2D eigenvalue weighted by Gasteiger charge is 2.22. The van der Waals surface area contributed by atoms with Crippen LogP contribution in [0.5, 0.6) is 0 Å². The van der Waals surface area contributed by atoms with Gasteiger partial charge in [0.25, 0.3) is 0 Å². The van der Waals surface area contributed by atoms with Crippen LogP contribution in [0.15, 0.2) is 18.2 Å². The summed E-state index contributed by atoms with van der Waals surface area (Å²) in [7, 11) is 0. The van der Waals surface area contributed by atoms with Gasteiger partial charge in [-0.05, 0) is 44.5 Å². The minimum absolute atomic E-state index is 0.149. The smallest absolute Gasteiger partial charge is 0.163 e. The Balaban J connectivity index is 2.08. The molecular formula is C16H24F2N2. The van der Waals surface area contributed by atoms with Crippen molar-refractivity contribution in [2.45, 2.75) is 32.7 Å². The lowest BCUT2D eigenvalue weighted by molar-refractivity contribution is 0.174. The van der Waals surface area contributed by atoms with Crippen LogP contribution in [0.4, 0.5) is 8.78 Å². The molecule has 0 radical (unpaired) electrons. The standard InChI is InChI=1S/C16H24F2N2/c1-3-19-15(11-20-9-7-12(2)8-10-20)13-5-4-6-14(17)16(13)18/h4-6,12,15,19H,3,7-11H2,1-2H3. The fourth-order valence-electron chi connectivity index (χ4n) is 2.81. The number of piperidine rings is 1. The van der Waals surface area contributed by atoms with E-state index in [0.717, 1.165) is 32.1 Å². The lowest BCUT2D eigenvalue weighted by Gasteiger charge is -2.33. The second-order valence-corrected chi connectivity index (χ2v) is 5.74. The quantitative estimate of drug-likeness (QED) is 0.891. The summed E-state index contributed by atoms with van der Waals surface area (Å²) in [5.41, 5.74) is 0.436. The zero-order chi connectivity index (χ0) is 14.5. The SMILES string of the molecule is CCNC(CN1CCC(C)CC1)c1cccc(F)c1F. The van der Waals surface area contributed by atoms with Crippen LogP contribution in [0.1, 0.15) is 38.3 Å². The van der Waals surface area contributed by atoms with Gasteiger partial charge in [0, 0.05) is 18.2 Å². The van der Waals surface area contributed by atoms with Gasteiger partial charge in [0.2, 0.25) is 0 Å². The monoisotopic (exact) mass is 282 g/mol. The van der Waals surface area contributed by atoms with E-state index in [1.165, 1.54) is 18.9 Å². The molecule has 1 heterocycles. The van der Waals surface area contributed by atoms with E-state index in [9.17, 15) is 8.78 Å². The fourth-order valence-corrected chi connectivity index (χ4v) is 2.81. The zero-order valence-corrected chi connectivity index (χ0v) is 12.3. The van der Waals surface area contributed by atoms with Crippen LogP contribution in [0, 0.1) is 17.6 Å². The van der Waals surface area contributed by atoms with Gasteiger partial charge in [-0.25, -0.2) is 8.78 Å². The Morgan fingerprint density at radius 1 is 1.30 bits per heavy atom. The molecule has 1 aromatic rings. The minimum Gasteiger partial charge on any atom is -0.309 e. The van der Waals surface area contributed by atoms with Crippen molar-refractivity contribution in [3.63, 3.8) is 0 Å². The second kappa shape index (κ2) is 7.14. The van der Waals surface area contributed by atoms with Crippen LogP contribution < -0.4 is 5.32 Å². The van der Waals surface area contributed by atoms with Gasteiger partial charge in [-0.2, -0.15) is 0 Å². The van der Waals surface area contributed by atoms with Gasteiger partial charge in [-0.1, -0.05) is 26.0 Å². The van der Waals surface area contributed by atoms with Gasteiger partial charge >= 0.3 is 0 Å². The van der Waals surface area contributed by atoms with E-state index in [2.05, 4.69) is 17.1 Å². The second-order valence-electron chi connectivity index (χ2n) is 5.74. The first-order valence-corrected chi connectivity index (χ1v) is 7.51. The molecule has 1 N–H and O–H groups in total. The lowest BCUT2D eigenvalue weighted by Crippen LogP contribution is -2.40. The number of halogens is 2. The van der Waals surface area contributed by atoms with Crippen LogP contribution in [-0.4, -0.2) is 31.1 Å². The number of hydrogen-bond acceptors (Lipinski definition) is 2. The highest BCUT2D eigenvalue weighted by Crippen LogP contribution is 2.23. The van der Waals surface area contributed by atoms with E-state index in [1.54, 1.807) is 12.1 Å². The van der Waals surface area contributed by atoms with Crippen molar-refractivity contribution >= 4 is 0 Å². The first-order valence-electron chi connectivity index (χ1n) is 7.51. The summed E-state index contributed by atoms with van der Waals surface area (Å²) in [6.45, 7) is 7.82. The molecule has 2 rings (SSSR count). The number of nitrogens with one attached hydrogen (secondary N) is 1. The lowest BCUT2D eigenvalue weighted by atomic mass is 9.98. The van der Waals surface area contributed by atoms with Gasteiger partial charge in [-0.15, -0.1) is 0 Å². The third-order valence-corrected chi connectivity index (χ3v) is 4.12. The summed E-state index contributed by atoms with van der Waals surface area (Å²) in [5.74, 6) is -0.712. The van der Waals surface area contributed by atoms with Crippen molar-refractivity contribution in [2.24, 2.45) is 5.92 Å². The molecule has 0 saturated carbocycles. The average molecular weight is 282 g/mol. The molecule has 1 aromatic carbocycles. The summed E-state index contributed by atoms with van der Waals surface area (Å²) in [6, 6.07) is 4.28. The molecule has 0 aromatic heterocycles. The highest BCUT2D eigenvalue weighted by molar-refractivity contribution is 5.23. The maximum Gasteiger partial charge on any atom is 0.163 e. The van der Waals surface area contributed by atoms with E-state index in [1.807, 2.05) is 6.92 Å². The summed E-state index contributed by atoms with van der Waals surface area (Å²) >= 11 is 0. The fraction of sp³-hybridized carbons (Fsp3) is 0.625. The predicted octanol–water partition coefficient (Wildman–Crippen LogP) is 3.35. The summed E-state index contributed by atoms with van der Waals surface area (Å²) in [6.07, 6.45) is 2.37. The highest BCUT2D eigenvalue weighted by atomic mass is 19.2. The van der Waals surface area contributed by atoms with Gasteiger partial charge in [0.05, 0.1) is 0 Å². The number of likely N-dealkylation sites (N-methyl/N-ethyl adjacent to an activating group) is 1. The van der Waals surface area contributed by atoms with Crippen LogP contribution in [-0.2, 0) is 0 Å². The van der Waals surface area contributed by atoms with Gasteiger partial charge in [0.15, 0.2) is 11.6 Å². The molecule has 0 amide bonds. The molecule has 20 heavy (non-hydrogen) atoms. The predicted molar refractivity (Wildman–Crippen MR) is 77.6 cm³/mol. The van der Waals surface area contributed by atoms with Crippen molar-refractivity contribution in [3.05, 3.63) is 35.4 Å². The Hall–Kier alpha value is -1.00. The first-order chi connectivity index (χ1) is 9.61. The minimum atomic E-state index is -0.766. The molecule has 112 valence electrons. The molecule has 1 aliphatic rings. The van der Waals surface area contributed by atoms with E-state index in [4.69, 9.17) is 0 Å². The van der Waals surface area contributed by atoms with Crippen molar-refractivity contribution < 1.29 is 8.78 Å². The van der Waals surface area contributed by atoms with Crippen LogP contribution in [0.25, 0.3) is 0 Å². The largest absolute Gasteiger partial charge is 0.309 e. The number of nitrogens with zero attached hydrogens (tertiary/aromatic N) is 1. The Kier molecular flexibility index (Phi) is 5.49. The summed E-state index contributed by atoms with van der Waals surface area (Å²) in [5, 5.41) is 3.28. The van der Waals surface area contributed by atoms with Crippen molar-refractivity contribution in [1.82, 2.24) is 10.2 Å². The normalized spacial score (nSPS) is 19.2. The Labute approximate surface area is 120 Å². The summed E-state index contributed by atoms with van der Waals surface area (Å²) < 4.78 is 27.4. The van der Waals surface area contributed by atoms with Gasteiger partial charge < -0.3 is 10.2 Å². The molecule has 1 saturated heterocycles.